The molecule has 1 N–H and O–H groups in total. The summed E-state index contributed by atoms with van der Waals surface area (Å²) in [4.78, 5) is 23.3. The number of pyridine rings is 1. The Hall–Kier alpha value is -2.80. The molecular weight excluding hydrogens is 394 g/mol. The van der Waals surface area contributed by atoms with Gasteiger partial charge in [-0.05, 0) is 30.5 Å². The van der Waals surface area contributed by atoms with Crippen LogP contribution >= 0.6 is 11.5 Å². The second kappa shape index (κ2) is 11.4. The lowest BCUT2D eigenvalue weighted by Gasteiger charge is -2.20. The summed E-state index contributed by atoms with van der Waals surface area (Å²) < 4.78 is 4.55. The van der Waals surface area contributed by atoms with Gasteiger partial charge >= 0.3 is 0 Å². The van der Waals surface area contributed by atoms with Gasteiger partial charge in [-0.1, -0.05) is 49.2 Å². The van der Waals surface area contributed by atoms with E-state index >= 15 is 0 Å². The van der Waals surface area contributed by atoms with Crippen molar-refractivity contribution >= 4 is 22.6 Å². The predicted octanol–water partition coefficient (Wildman–Crippen LogP) is 4.15. The summed E-state index contributed by atoms with van der Waals surface area (Å²) in [7, 11) is 0. The van der Waals surface area contributed by atoms with Gasteiger partial charge in [-0.15, -0.1) is 0 Å². The maximum Gasteiger partial charge on any atom is 0.222 e. The van der Waals surface area contributed by atoms with Crippen LogP contribution in [0.3, 0.4) is 0 Å². The van der Waals surface area contributed by atoms with Crippen molar-refractivity contribution < 1.29 is 4.79 Å². The third-order valence-electron chi connectivity index (χ3n) is 4.81. The fraction of sp³-hybridized carbons (Fsp3) is 0.391. The lowest BCUT2D eigenvalue weighted by Crippen LogP contribution is -2.31. The maximum atomic E-state index is 12.3. The van der Waals surface area contributed by atoms with Crippen LogP contribution in [-0.4, -0.2) is 33.3 Å². The van der Waals surface area contributed by atoms with Gasteiger partial charge in [-0.25, -0.2) is 4.98 Å². The molecule has 0 spiro atoms. The van der Waals surface area contributed by atoms with Gasteiger partial charge < -0.3 is 10.2 Å². The van der Waals surface area contributed by atoms with Gasteiger partial charge in [0.2, 0.25) is 11.0 Å². The van der Waals surface area contributed by atoms with Crippen molar-refractivity contribution in [3.8, 4) is 0 Å². The Balaban J connectivity index is 1.55. The van der Waals surface area contributed by atoms with Crippen LogP contribution in [0, 0.1) is 6.92 Å². The van der Waals surface area contributed by atoms with Gasteiger partial charge in [-0.2, -0.15) is 4.37 Å². The van der Waals surface area contributed by atoms with Crippen molar-refractivity contribution in [2.45, 2.75) is 46.1 Å². The first-order valence-corrected chi connectivity index (χ1v) is 11.2. The number of aromatic nitrogens is 3. The van der Waals surface area contributed by atoms with Crippen molar-refractivity contribution in [3.05, 3.63) is 71.3 Å². The quantitative estimate of drug-likeness (QED) is 0.502. The average molecular weight is 424 g/mol. The molecule has 3 rings (SSSR count). The van der Waals surface area contributed by atoms with Crippen molar-refractivity contribution in [2.75, 3.05) is 18.0 Å². The molecule has 0 unspecified atom stereocenters. The first kappa shape index (κ1) is 21.9. The van der Waals surface area contributed by atoms with E-state index in [1.807, 2.05) is 12.1 Å². The fourth-order valence-electron chi connectivity index (χ4n) is 3.01. The van der Waals surface area contributed by atoms with E-state index in [0.29, 0.717) is 19.5 Å². The van der Waals surface area contributed by atoms with E-state index in [1.54, 1.807) is 12.4 Å². The van der Waals surface area contributed by atoms with E-state index in [2.05, 4.69) is 57.7 Å². The number of carbonyl (C=O) groups is 1. The highest BCUT2D eigenvalue weighted by atomic mass is 32.1. The molecular formula is C23H29N5OS. The zero-order chi connectivity index (χ0) is 21.2. The van der Waals surface area contributed by atoms with Crippen molar-refractivity contribution in [2.24, 2.45) is 0 Å². The Morgan fingerprint density at radius 1 is 1.13 bits per heavy atom. The van der Waals surface area contributed by atoms with Gasteiger partial charge in [-0.3, -0.25) is 9.78 Å². The molecule has 0 atom stereocenters. The van der Waals surface area contributed by atoms with E-state index in [1.165, 1.54) is 22.7 Å². The van der Waals surface area contributed by atoms with Gasteiger partial charge in [0.25, 0.3) is 0 Å². The molecule has 1 aromatic carbocycles. The largest absolute Gasteiger partial charge is 0.352 e. The summed E-state index contributed by atoms with van der Waals surface area (Å²) in [6.45, 7) is 6.27. The van der Waals surface area contributed by atoms with Crippen LogP contribution in [0.2, 0.25) is 0 Å². The molecule has 0 aliphatic heterocycles. The minimum absolute atomic E-state index is 0.0322. The Bertz CT molecular complexity index is 911. The molecule has 1 amide bonds. The molecule has 7 heteroatoms. The van der Waals surface area contributed by atoms with Gasteiger partial charge in [0.1, 0.15) is 5.82 Å². The Labute approximate surface area is 182 Å². The SMILES string of the molecule is CCCCN(CCC(=O)NCc1cccnc1)c1nc(Cc2ccc(C)cc2)ns1. The summed E-state index contributed by atoms with van der Waals surface area (Å²) in [5.74, 6) is 0.867. The third kappa shape index (κ3) is 6.91. The number of hydrogen-bond donors (Lipinski definition) is 1. The van der Waals surface area contributed by atoms with E-state index in [-0.39, 0.29) is 5.91 Å². The topological polar surface area (TPSA) is 71.0 Å². The zero-order valence-corrected chi connectivity index (χ0v) is 18.5. The number of rotatable bonds is 11. The number of unbranched alkanes of at least 4 members (excludes halogenated alkanes) is 1. The number of hydrogen-bond acceptors (Lipinski definition) is 6. The summed E-state index contributed by atoms with van der Waals surface area (Å²) >= 11 is 1.42. The number of benzene rings is 1. The molecule has 6 nitrogen and oxygen atoms in total. The standard InChI is InChI=1S/C23H29N5OS/c1-3-4-13-28(14-11-22(29)25-17-20-6-5-12-24-16-20)23-26-21(27-30-23)15-19-9-7-18(2)8-10-19/h5-10,12,16H,3-4,11,13-15,17H2,1-2H3,(H,25,29). The molecule has 0 aliphatic rings. The van der Waals surface area contributed by atoms with Gasteiger partial charge in [0, 0.05) is 56.4 Å². The fourth-order valence-corrected chi connectivity index (χ4v) is 3.75. The van der Waals surface area contributed by atoms with Crippen molar-refractivity contribution in [1.82, 2.24) is 19.7 Å². The summed E-state index contributed by atoms with van der Waals surface area (Å²) in [5, 5.41) is 3.86. The van der Waals surface area contributed by atoms with E-state index in [0.717, 1.165) is 42.3 Å². The van der Waals surface area contributed by atoms with Crippen LogP contribution in [0.1, 0.15) is 48.7 Å². The third-order valence-corrected chi connectivity index (χ3v) is 5.63. The number of carbonyl (C=O) groups excluding carboxylic acids is 1. The average Bonchev–Trinajstić information content (AvgIpc) is 3.23. The highest BCUT2D eigenvalue weighted by molar-refractivity contribution is 7.09. The number of nitrogens with zero attached hydrogens (tertiary/aromatic N) is 4. The monoisotopic (exact) mass is 423 g/mol. The van der Waals surface area contributed by atoms with Crippen molar-refractivity contribution in [3.63, 3.8) is 0 Å². The molecule has 2 heterocycles. The zero-order valence-electron chi connectivity index (χ0n) is 17.7. The second-order valence-corrected chi connectivity index (χ2v) is 8.11. The van der Waals surface area contributed by atoms with Crippen LogP contribution in [0.15, 0.2) is 48.8 Å². The van der Waals surface area contributed by atoms with E-state index in [9.17, 15) is 4.79 Å². The Morgan fingerprint density at radius 2 is 1.97 bits per heavy atom. The van der Waals surface area contributed by atoms with Crippen LogP contribution in [0.4, 0.5) is 5.13 Å². The molecule has 2 aromatic heterocycles. The van der Waals surface area contributed by atoms with Crippen LogP contribution in [-0.2, 0) is 17.8 Å². The minimum atomic E-state index is 0.0322. The Morgan fingerprint density at radius 3 is 2.70 bits per heavy atom. The molecule has 0 aliphatic carbocycles. The first-order chi connectivity index (χ1) is 14.6. The van der Waals surface area contributed by atoms with Crippen LogP contribution < -0.4 is 10.2 Å². The molecule has 0 bridgehead atoms. The smallest absolute Gasteiger partial charge is 0.222 e. The molecule has 30 heavy (non-hydrogen) atoms. The number of anilines is 1. The predicted molar refractivity (Wildman–Crippen MR) is 122 cm³/mol. The minimum Gasteiger partial charge on any atom is -0.352 e. The number of nitrogens with one attached hydrogen (secondary N) is 1. The van der Waals surface area contributed by atoms with Crippen LogP contribution in [0.25, 0.3) is 0 Å². The molecule has 0 radical (unpaired) electrons. The number of amides is 1. The molecule has 0 saturated heterocycles. The van der Waals surface area contributed by atoms with Crippen LogP contribution in [0.5, 0.6) is 0 Å². The molecule has 0 saturated carbocycles. The summed E-state index contributed by atoms with van der Waals surface area (Å²) in [6.07, 6.45) is 6.81. The number of aryl methyl sites for hydroxylation is 1. The molecule has 0 fully saturated rings. The van der Waals surface area contributed by atoms with Crippen molar-refractivity contribution in [1.29, 1.82) is 0 Å². The normalized spacial score (nSPS) is 10.7. The van der Waals surface area contributed by atoms with E-state index in [4.69, 9.17) is 4.98 Å². The molecule has 3 aromatic rings. The van der Waals surface area contributed by atoms with Gasteiger partial charge in [0.05, 0.1) is 0 Å². The highest BCUT2D eigenvalue weighted by Crippen LogP contribution is 2.20. The summed E-state index contributed by atoms with van der Waals surface area (Å²) in [5.41, 5.74) is 3.46. The molecule has 158 valence electrons. The summed E-state index contributed by atoms with van der Waals surface area (Å²) in [6, 6.07) is 12.3. The lowest BCUT2D eigenvalue weighted by molar-refractivity contribution is -0.121. The Kier molecular flexibility index (Phi) is 8.32. The first-order valence-electron chi connectivity index (χ1n) is 10.4. The second-order valence-electron chi connectivity index (χ2n) is 7.38. The highest BCUT2D eigenvalue weighted by Gasteiger charge is 2.14. The van der Waals surface area contributed by atoms with Gasteiger partial charge in [0.15, 0.2) is 0 Å². The lowest BCUT2D eigenvalue weighted by atomic mass is 10.1. The van der Waals surface area contributed by atoms with E-state index < -0.39 is 0 Å². The maximum absolute atomic E-state index is 12.3.